The van der Waals surface area contributed by atoms with Crippen LogP contribution >= 0.6 is 0 Å². The summed E-state index contributed by atoms with van der Waals surface area (Å²) in [6, 6.07) is 17.4. The standard InChI is InChI=1S/C20H20N2O4/c1-26-18(23)12-17-19(24)22(14-16-10-6-3-7-11-16)20(25)21(17)13-15-8-4-2-5-9-15/h2-11,17H,12-14H2,1H3. The van der Waals surface area contributed by atoms with E-state index in [1.165, 1.54) is 16.9 Å². The van der Waals surface area contributed by atoms with Gasteiger partial charge in [-0.05, 0) is 11.1 Å². The van der Waals surface area contributed by atoms with E-state index < -0.39 is 18.0 Å². The van der Waals surface area contributed by atoms with Gasteiger partial charge in [0.25, 0.3) is 5.91 Å². The van der Waals surface area contributed by atoms with Crippen LogP contribution in [0.1, 0.15) is 17.5 Å². The number of urea groups is 1. The number of hydrogen-bond donors (Lipinski definition) is 0. The van der Waals surface area contributed by atoms with Gasteiger partial charge in [-0.2, -0.15) is 0 Å². The molecule has 3 amide bonds. The molecule has 1 aliphatic rings. The van der Waals surface area contributed by atoms with E-state index in [1.807, 2.05) is 60.7 Å². The van der Waals surface area contributed by atoms with E-state index >= 15 is 0 Å². The molecule has 0 N–H and O–H groups in total. The number of amides is 3. The third-order valence-corrected chi connectivity index (χ3v) is 4.37. The first-order chi connectivity index (χ1) is 12.6. The van der Waals surface area contributed by atoms with Crippen LogP contribution in [0.3, 0.4) is 0 Å². The summed E-state index contributed by atoms with van der Waals surface area (Å²) >= 11 is 0. The van der Waals surface area contributed by atoms with Crippen LogP contribution in [0.15, 0.2) is 60.7 Å². The van der Waals surface area contributed by atoms with Gasteiger partial charge in [-0.15, -0.1) is 0 Å². The Hall–Kier alpha value is -3.15. The van der Waals surface area contributed by atoms with Gasteiger partial charge in [-0.1, -0.05) is 60.7 Å². The summed E-state index contributed by atoms with van der Waals surface area (Å²) in [5, 5.41) is 0. The van der Waals surface area contributed by atoms with Gasteiger partial charge in [0, 0.05) is 6.54 Å². The van der Waals surface area contributed by atoms with E-state index in [0.717, 1.165) is 11.1 Å². The summed E-state index contributed by atoms with van der Waals surface area (Å²) in [5.41, 5.74) is 1.75. The average molecular weight is 352 g/mol. The van der Waals surface area contributed by atoms with Crippen LogP contribution < -0.4 is 0 Å². The highest BCUT2D eigenvalue weighted by Crippen LogP contribution is 2.25. The lowest BCUT2D eigenvalue weighted by atomic mass is 10.1. The topological polar surface area (TPSA) is 66.9 Å². The van der Waals surface area contributed by atoms with Gasteiger partial charge in [-0.25, -0.2) is 4.79 Å². The van der Waals surface area contributed by atoms with Gasteiger partial charge in [0.05, 0.1) is 20.1 Å². The quantitative estimate of drug-likeness (QED) is 0.592. The highest BCUT2D eigenvalue weighted by molar-refractivity contribution is 6.05. The molecule has 0 saturated carbocycles. The number of esters is 1. The molecule has 6 nitrogen and oxygen atoms in total. The molecule has 0 aliphatic carbocycles. The smallest absolute Gasteiger partial charge is 0.328 e. The maximum atomic E-state index is 12.9. The maximum absolute atomic E-state index is 12.9. The van der Waals surface area contributed by atoms with Crippen molar-refractivity contribution in [3.63, 3.8) is 0 Å². The minimum atomic E-state index is -0.848. The molecule has 1 fully saturated rings. The molecule has 1 aliphatic heterocycles. The molecule has 134 valence electrons. The average Bonchev–Trinajstić information content (AvgIpc) is 2.88. The molecule has 1 saturated heterocycles. The first-order valence-corrected chi connectivity index (χ1v) is 8.37. The largest absolute Gasteiger partial charge is 0.469 e. The number of ether oxygens (including phenoxy) is 1. The molecule has 0 bridgehead atoms. The Bertz CT molecular complexity index is 792. The van der Waals surface area contributed by atoms with Crippen LogP contribution in [0.5, 0.6) is 0 Å². The fraction of sp³-hybridized carbons (Fsp3) is 0.250. The van der Waals surface area contributed by atoms with Crippen LogP contribution in [-0.4, -0.2) is 40.9 Å². The molecular formula is C20H20N2O4. The van der Waals surface area contributed by atoms with E-state index in [2.05, 4.69) is 0 Å². The second kappa shape index (κ2) is 7.82. The third kappa shape index (κ3) is 3.74. The number of nitrogens with zero attached hydrogens (tertiary/aromatic N) is 2. The van der Waals surface area contributed by atoms with Gasteiger partial charge >= 0.3 is 12.0 Å². The van der Waals surface area contributed by atoms with Crippen LogP contribution in [0.2, 0.25) is 0 Å². The third-order valence-electron chi connectivity index (χ3n) is 4.37. The fourth-order valence-electron chi connectivity index (χ4n) is 3.00. The predicted octanol–water partition coefficient (Wildman–Crippen LogP) is 2.58. The van der Waals surface area contributed by atoms with Crippen LogP contribution in [0, 0.1) is 0 Å². The summed E-state index contributed by atoms with van der Waals surface area (Å²) in [6.45, 7) is 0.444. The number of carbonyl (C=O) groups excluding carboxylic acids is 3. The first kappa shape index (κ1) is 17.7. The Morgan fingerprint density at radius 2 is 1.46 bits per heavy atom. The van der Waals surface area contributed by atoms with Crippen LogP contribution in [-0.2, 0) is 27.4 Å². The molecule has 2 aromatic rings. The molecule has 1 atom stereocenters. The van der Waals surface area contributed by atoms with Crippen molar-refractivity contribution >= 4 is 17.9 Å². The maximum Gasteiger partial charge on any atom is 0.328 e. The zero-order chi connectivity index (χ0) is 18.5. The van der Waals surface area contributed by atoms with Gasteiger partial charge in [0.2, 0.25) is 0 Å². The van der Waals surface area contributed by atoms with E-state index in [4.69, 9.17) is 4.74 Å². The van der Waals surface area contributed by atoms with E-state index in [1.54, 1.807) is 0 Å². The number of rotatable bonds is 6. The lowest BCUT2D eigenvalue weighted by Crippen LogP contribution is -2.36. The lowest BCUT2D eigenvalue weighted by Gasteiger charge is -2.21. The molecule has 0 aromatic heterocycles. The van der Waals surface area contributed by atoms with Crippen LogP contribution in [0.25, 0.3) is 0 Å². The Balaban J connectivity index is 1.85. The van der Waals surface area contributed by atoms with Gasteiger partial charge in [0.1, 0.15) is 6.04 Å². The number of hydrogen-bond acceptors (Lipinski definition) is 4. The molecule has 3 rings (SSSR count). The van der Waals surface area contributed by atoms with Crippen molar-refractivity contribution in [2.45, 2.75) is 25.6 Å². The van der Waals surface area contributed by atoms with E-state index in [9.17, 15) is 14.4 Å². The van der Waals surface area contributed by atoms with Crippen molar-refractivity contribution < 1.29 is 19.1 Å². The number of methoxy groups -OCH3 is 1. The second-order valence-corrected chi connectivity index (χ2v) is 6.10. The summed E-state index contributed by atoms with van der Waals surface area (Å²) < 4.78 is 4.70. The number of imide groups is 1. The molecule has 1 unspecified atom stereocenters. The number of carbonyl (C=O) groups is 3. The fourth-order valence-corrected chi connectivity index (χ4v) is 3.00. The van der Waals surface area contributed by atoms with Crippen molar-refractivity contribution in [2.24, 2.45) is 0 Å². The first-order valence-electron chi connectivity index (χ1n) is 8.37. The SMILES string of the molecule is COC(=O)CC1C(=O)N(Cc2ccccc2)C(=O)N1Cc1ccccc1. The Morgan fingerprint density at radius 3 is 2.00 bits per heavy atom. The molecule has 6 heteroatoms. The highest BCUT2D eigenvalue weighted by atomic mass is 16.5. The van der Waals surface area contributed by atoms with Crippen molar-refractivity contribution in [2.75, 3.05) is 7.11 Å². The van der Waals surface area contributed by atoms with Crippen molar-refractivity contribution in [1.29, 1.82) is 0 Å². The Kier molecular flexibility index (Phi) is 5.31. The zero-order valence-corrected chi connectivity index (χ0v) is 14.5. The summed E-state index contributed by atoms with van der Waals surface area (Å²) in [5.74, 6) is -0.893. The summed E-state index contributed by atoms with van der Waals surface area (Å²) in [6.07, 6.45) is -0.154. The van der Waals surface area contributed by atoms with Crippen molar-refractivity contribution in [1.82, 2.24) is 9.80 Å². The normalized spacial score (nSPS) is 16.9. The number of benzene rings is 2. The highest BCUT2D eigenvalue weighted by Gasteiger charge is 2.45. The zero-order valence-electron chi connectivity index (χ0n) is 14.5. The minimum absolute atomic E-state index is 0.154. The van der Waals surface area contributed by atoms with E-state index in [0.29, 0.717) is 0 Å². The molecule has 2 aromatic carbocycles. The molecule has 1 heterocycles. The minimum Gasteiger partial charge on any atom is -0.469 e. The van der Waals surface area contributed by atoms with Crippen molar-refractivity contribution in [3.8, 4) is 0 Å². The van der Waals surface area contributed by atoms with Crippen LogP contribution in [0.4, 0.5) is 4.79 Å². The molecule has 0 radical (unpaired) electrons. The van der Waals surface area contributed by atoms with E-state index in [-0.39, 0.29) is 25.4 Å². The Labute approximate surface area is 152 Å². The van der Waals surface area contributed by atoms with Gasteiger partial charge in [-0.3, -0.25) is 14.5 Å². The summed E-state index contributed by atoms with van der Waals surface area (Å²) in [7, 11) is 1.27. The second-order valence-electron chi connectivity index (χ2n) is 6.10. The van der Waals surface area contributed by atoms with Gasteiger partial charge in [0.15, 0.2) is 0 Å². The molecule has 0 spiro atoms. The van der Waals surface area contributed by atoms with Gasteiger partial charge < -0.3 is 9.64 Å². The molecular weight excluding hydrogens is 332 g/mol. The monoisotopic (exact) mass is 352 g/mol. The molecule has 26 heavy (non-hydrogen) atoms. The predicted molar refractivity (Wildman–Crippen MR) is 94.8 cm³/mol. The Morgan fingerprint density at radius 1 is 0.923 bits per heavy atom. The summed E-state index contributed by atoms with van der Waals surface area (Å²) in [4.78, 5) is 40.1. The van der Waals surface area contributed by atoms with Crippen molar-refractivity contribution in [3.05, 3.63) is 71.8 Å². The lowest BCUT2D eigenvalue weighted by molar-refractivity contribution is -0.144.